The fourth-order valence-electron chi connectivity index (χ4n) is 3.07. The molecule has 2 heterocycles. The average Bonchev–Trinajstić information content (AvgIpc) is 3.26. The van der Waals surface area contributed by atoms with Crippen molar-refractivity contribution in [3.05, 3.63) is 75.2 Å². The minimum absolute atomic E-state index is 0.179. The smallest absolute Gasteiger partial charge is 0.262 e. The molecule has 1 aliphatic heterocycles. The Labute approximate surface area is 169 Å². The number of carbonyl (C=O) groups is 1. The largest absolute Gasteiger partial charge is 0.454 e. The van der Waals surface area contributed by atoms with Crippen LogP contribution < -0.4 is 14.8 Å². The number of carbonyl (C=O) groups excluding carboxylic acids is 1. The number of ether oxygens (including phenoxy) is 2. The third-order valence-corrected chi connectivity index (χ3v) is 5.78. The molecule has 1 aliphatic rings. The van der Waals surface area contributed by atoms with Crippen LogP contribution >= 0.6 is 11.3 Å². The average molecular weight is 412 g/mol. The maximum absolute atomic E-state index is 13.9. The van der Waals surface area contributed by atoms with Gasteiger partial charge in [0.25, 0.3) is 5.91 Å². The lowest BCUT2D eigenvalue weighted by Gasteiger charge is -2.05. The number of fused-ring (bicyclic) bond motifs is 1. The highest BCUT2D eigenvalue weighted by molar-refractivity contribution is 7.16. The van der Waals surface area contributed by atoms with E-state index in [2.05, 4.69) is 11.4 Å². The molecule has 0 unspecified atom stereocenters. The van der Waals surface area contributed by atoms with Crippen LogP contribution in [0.3, 0.4) is 0 Å². The first kappa shape index (κ1) is 18.9. The molecular formula is C21H14F2N2O3S. The molecule has 0 radical (unpaired) electrons. The number of nitriles is 1. The van der Waals surface area contributed by atoms with E-state index in [-0.39, 0.29) is 17.4 Å². The van der Waals surface area contributed by atoms with Gasteiger partial charge in [0.2, 0.25) is 6.79 Å². The molecule has 29 heavy (non-hydrogen) atoms. The fourth-order valence-corrected chi connectivity index (χ4v) is 4.25. The Hall–Kier alpha value is -3.44. The summed E-state index contributed by atoms with van der Waals surface area (Å²) in [4.78, 5) is 13.3. The molecule has 4 rings (SSSR count). The van der Waals surface area contributed by atoms with E-state index in [1.165, 1.54) is 17.4 Å². The molecule has 5 nitrogen and oxygen atoms in total. The SMILES string of the molecule is Cc1c(Cc2ccc3c(c2)OCO3)sc(NC(=O)c2c(F)cccc2F)c1C#N. The highest BCUT2D eigenvalue weighted by Crippen LogP contribution is 2.37. The molecule has 0 aliphatic carbocycles. The maximum atomic E-state index is 13.9. The molecule has 0 atom stereocenters. The summed E-state index contributed by atoms with van der Waals surface area (Å²) in [6.07, 6.45) is 0.506. The third-order valence-electron chi connectivity index (χ3n) is 4.58. The van der Waals surface area contributed by atoms with Crippen molar-refractivity contribution in [3.8, 4) is 17.6 Å². The zero-order valence-electron chi connectivity index (χ0n) is 15.2. The first-order valence-corrected chi connectivity index (χ1v) is 9.46. The van der Waals surface area contributed by atoms with Gasteiger partial charge in [0.05, 0.1) is 5.56 Å². The van der Waals surface area contributed by atoms with Crippen molar-refractivity contribution in [2.24, 2.45) is 0 Å². The molecule has 1 aromatic heterocycles. The Morgan fingerprint density at radius 1 is 1.21 bits per heavy atom. The van der Waals surface area contributed by atoms with E-state index in [4.69, 9.17) is 9.47 Å². The van der Waals surface area contributed by atoms with Gasteiger partial charge in [0.15, 0.2) is 11.5 Å². The molecule has 1 amide bonds. The number of nitrogens with one attached hydrogen (secondary N) is 1. The summed E-state index contributed by atoms with van der Waals surface area (Å²) in [7, 11) is 0. The lowest BCUT2D eigenvalue weighted by molar-refractivity contribution is 0.101. The van der Waals surface area contributed by atoms with Gasteiger partial charge in [-0.15, -0.1) is 11.3 Å². The van der Waals surface area contributed by atoms with E-state index < -0.39 is 23.1 Å². The second-order valence-electron chi connectivity index (χ2n) is 6.38. The Kier molecular flexibility index (Phi) is 4.91. The Bertz CT molecular complexity index is 1150. The van der Waals surface area contributed by atoms with Gasteiger partial charge < -0.3 is 14.8 Å². The molecule has 8 heteroatoms. The van der Waals surface area contributed by atoms with Crippen molar-refractivity contribution in [3.63, 3.8) is 0 Å². The summed E-state index contributed by atoms with van der Waals surface area (Å²) in [6.45, 7) is 1.95. The number of thiophene rings is 1. The van der Waals surface area contributed by atoms with Crippen LogP contribution in [0.1, 0.15) is 31.9 Å². The second-order valence-corrected chi connectivity index (χ2v) is 7.49. The third kappa shape index (κ3) is 3.52. The quantitative estimate of drug-likeness (QED) is 0.670. The van der Waals surface area contributed by atoms with Crippen LogP contribution in [-0.4, -0.2) is 12.7 Å². The minimum atomic E-state index is -0.963. The molecular weight excluding hydrogens is 398 g/mol. The minimum Gasteiger partial charge on any atom is -0.454 e. The molecule has 0 bridgehead atoms. The lowest BCUT2D eigenvalue weighted by Crippen LogP contribution is -2.15. The Balaban J connectivity index is 1.62. The summed E-state index contributed by atoms with van der Waals surface area (Å²) in [5.74, 6) is -1.53. The van der Waals surface area contributed by atoms with E-state index in [1.54, 1.807) is 6.92 Å². The highest BCUT2D eigenvalue weighted by Gasteiger charge is 2.22. The lowest BCUT2D eigenvalue weighted by atomic mass is 10.1. The molecule has 0 fully saturated rings. The normalized spacial score (nSPS) is 11.9. The zero-order valence-corrected chi connectivity index (χ0v) is 16.0. The summed E-state index contributed by atoms with van der Waals surface area (Å²) in [5.41, 5.74) is 1.25. The second kappa shape index (κ2) is 7.53. The van der Waals surface area contributed by atoms with E-state index in [9.17, 15) is 18.8 Å². The number of hydrogen-bond acceptors (Lipinski definition) is 5. The number of hydrogen-bond donors (Lipinski definition) is 1. The topological polar surface area (TPSA) is 71.3 Å². The number of amides is 1. The number of nitrogens with zero attached hydrogens (tertiary/aromatic N) is 1. The number of halogens is 2. The van der Waals surface area contributed by atoms with Crippen molar-refractivity contribution >= 4 is 22.2 Å². The molecule has 1 N–H and O–H groups in total. The van der Waals surface area contributed by atoms with Crippen molar-refractivity contribution in [2.45, 2.75) is 13.3 Å². The van der Waals surface area contributed by atoms with Gasteiger partial charge in [-0.2, -0.15) is 5.26 Å². The molecule has 0 saturated heterocycles. The van der Waals surface area contributed by atoms with E-state index in [0.717, 1.165) is 22.6 Å². The van der Waals surface area contributed by atoms with Gasteiger partial charge in [0.1, 0.15) is 28.3 Å². The van der Waals surface area contributed by atoms with Crippen molar-refractivity contribution in [1.29, 1.82) is 5.26 Å². The molecule has 0 spiro atoms. The van der Waals surface area contributed by atoms with Crippen LogP contribution in [0.5, 0.6) is 11.5 Å². The van der Waals surface area contributed by atoms with E-state index in [0.29, 0.717) is 23.5 Å². The van der Waals surface area contributed by atoms with Crippen molar-refractivity contribution in [1.82, 2.24) is 0 Å². The van der Waals surface area contributed by atoms with Gasteiger partial charge in [-0.25, -0.2) is 8.78 Å². The van der Waals surface area contributed by atoms with Crippen LogP contribution in [-0.2, 0) is 6.42 Å². The number of anilines is 1. The predicted octanol–water partition coefficient (Wildman–Crippen LogP) is 4.78. The van der Waals surface area contributed by atoms with E-state index >= 15 is 0 Å². The fraction of sp³-hybridized carbons (Fsp3) is 0.143. The summed E-state index contributed by atoms with van der Waals surface area (Å²) >= 11 is 1.20. The first-order chi connectivity index (χ1) is 14.0. The number of benzene rings is 2. The molecule has 146 valence electrons. The Morgan fingerprint density at radius 3 is 2.66 bits per heavy atom. The molecule has 3 aromatic rings. The molecule has 0 saturated carbocycles. The van der Waals surface area contributed by atoms with Gasteiger partial charge in [-0.3, -0.25) is 4.79 Å². The summed E-state index contributed by atoms with van der Waals surface area (Å²) in [5, 5.41) is 12.3. The van der Waals surface area contributed by atoms with Gasteiger partial charge in [0, 0.05) is 11.3 Å². The van der Waals surface area contributed by atoms with Crippen LogP contribution in [0.2, 0.25) is 0 Å². The number of rotatable bonds is 4. The first-order valence-electron chi connectivity index (χ1n) is 8.64. The van der Waals surface area contributed by atoms with Crippen molar-refractivity contribution < 1.29 is 23.0 Å². The molecule has 2 aromatic carbocycles. The van der Waals surface area contributed by atoms with Crippen LogP contribution in [0.4, 0.5) is 13.8 Å². The highest BCUT2D eigenvalue weighted by atomic mass is 32.1. The van der Waals surface area contributed by atoms with Crippen LogP contribution in [0.15, 0.2) is 36.4 Å². The summed E-state index contributed by atoms with van der Waals surface area (Å²) in [6, 6.07) is 10.8. The van der Waals surface area contributed by atoms with Gasteiger partial charge in [-0.05, 0) is 42.3 Å². The van der Waals surface area contributed by atoms with Gasteiger partial charge in [-0.1, -0.05) is 12.1 Å². The van der Waals surface area contributed by atoms with Crippen LogP contribution in [0.25, 0.3) is 0 Å². The van der Waals surface area contributed by atoms with E-state index in [1.807, 2.05) is 18.2 Å². The maximum Gasteiger partial charge on any atom is 0.262 e. The summed E-state index contributed by atoms with van der Waals surface area (Å²) < 4.78 is 38.4. The zero-order chi connectivity index (χ0) is 20.5. The van der Waals surface area contributed by atoms with Crippen molar-refractivity contribution in [2.75, 3.05) is 12.1 Å². The predicted molar refractivity (Wildman–Crippen MR) is 103 cm³/mol. The van der Waals surface area contributed by atoms with Gasteiger partial charge >= 0.3 is 0 Å². The standard InChI is InChI=1S/C21H14F2N2O3S/c1-11-13(9-24)21(25-20(26)19-14(22)3-2-4-15(19)23)29-18(11)8-12-5-6-16-17(7-12)28-10-27-16/h2-7H,8,10H2,1H3,(H,25,26). The monoisotopic (exact) mass is 412 g/mol. The van der Waals surface area contributed by atoms with Crippen LogP contribution in [0, 0.1) is 29.9 Å². The Morgan fingerprint density at radius 2 is 1.93 bits per heavy atom.